The summed E-state index contributed by atoms with van der Waals surface area (Å²) in [5.74, 6) is 2.45. The Labute approximate surface area is 167 Å². The summed E-state index contributed by atoms with van der Waals surface area (Å²) in [4.78, 5) is 4.56. The van der Waals surface area contributed by atoms with Crippen LogP contribution in [0.25, 0.3) is 11.3 Å². The van der Waals surface area contributed by atoms with Crippen LogP contribution in [0.4, 0.5) is 5.13 Å². The number of rotatable bonds is 8. The van der Waals surface area contributed by atoms with Crippen molar-refractivity contribution >= 4 is 22.7 Å². The quantitative estimate of drug-likeness (QED) is 0.450. The molecule has 146 valence electrons. The van der Waals surface area contributed by atoms with Gasteiger partial charge < -0.3 is 18.9 Å². The van der Waals surface area contributed by atoms with E-state index in [2.05, 4.69) is 15.5 Å². The normalized spacial score (nSPS) is 10.7. The van der Waals surface area contributed by atoms with Crippen molar-refractivity contribution < 1.29 is 18.9 Å². The SMILES string of the molecule is COc1ccccc1-c1csc(N/N=C\c2cc(OC)c(OC)c(OC)c2)n1. The number of nitrogens with one attached hydrogen (secondary N) is 1. The Kier molecular flexibility index (Phi) is 6.33. The van der Waals surface area contributed by atoms with Crippen LogP contribution in [0.1, 0.15) is 5.56 Å². The third-order valence-corrected chi connectivity index (χ3v) is 4.69. The number of benzene rings is 2. The molecule has 3 rings (SSSR count). The Morgan fingerprint density at radius 1 is 0.929 bits per heavy atom. The molecule has 7 nitrogen and oxygen atoms in total. The summed E-state index contributed by atoms with van der Waals surface area (Å²) in [6.07, 6.45) is 1.66. The smallest absolute Gasteiger partial charge is 0.203 e. The van der Waals surface area contributed by atoms with Crippen LogP contribution >= 0.6 is 11.3 Å². The van der Waals surface area contributed by atoms with Crippen LogP contribution in [0.5, 0.6) is 23.0 Å². The predicted octanol–water partition coefficient (Wildman–Crippen LogP) is 4.29. The van der Waals surface area contributed by atoms with Crippen LogP contribution in [0.15, 0.2) is 46.9 Å². The average molecular weight is 399 g/mol. The van der Waals surface area contributed by atoms with Crippen molar-refractivity contribution in [2.24, 2.45) is 5.10 Å². The zero-order valence-corrected chi connectivity index (χ0v) is 16.9. The average Bonchev–Trinajstić information content (AvgIpc) is 3.21. The number of anilines is 1. The fourth-order valence-electron chi connectivity index (χ4n) is 2.64. The lowest BCUT2D eigenvalue weighted by molar-refractivity contribution is 0.324. The number of aromatic nitrogens is 1. The van der Waals surface area contributed by atoms with Crippen LogP contribution < -0.4 is 24.4 Å². The van der Waals surface area contributed by atoms with Crippen molar-refractivity contribution in [2.45, 2.75) is 0 Å². The van der Waals surface area contributed by atoms with Crippen LogP contribution in [0.3, 0.4) is 0 Å². The van der Waals surface area contributed by atoms with Gasteiger partial charge in [0.2, 0.25) is 10.9 Å². The molecule has 0 bridgehead atoms. The van der Waals surface area contributed by atoms with Crippen molar-refractivity contribution in [3.63, 3.8) is 0 Å². The van der Waals surface area contributed by atoms with Gasteiger partial charge in [-0.15, -0.1) is 11.3 Å². The van der Waals surface area contributed by atoms with Gasteiger partial charge in [-0.1, -0.05) is 12.1 Å². The van der Waals surface area contributed by atoms with Crippen LogP contribution in [-0.4, -0.2) is 39.6 Å². The molecule has 0 aliphatic heterocycles. The van der Waals surface area contributed by atoms with E-state index >= 15 is 0 Å². The summed E-state index contributed by atoms with van der Waals surface area (Å²) >= 11 is 1.46. The van der Waals surface area contributed by atoms with Gasteiger partial charge in [-0.25, -0.2) is 4.98 Å². The number of ether oxygens (including phenoxy) is 4. The highest BCUT2D eigenvalue weighted by Crippen LogP contribution is 2.37. The Hall–Kier alpha value is -3.26. The molecule has 0 atom stereocenters. The number of hydrazone groups is 1. The molecule has 0 aliphatic carbocycles. The van der Waals surface area contributed by atoms with E-state index in [1.807, 2.05) is 41.8 Å². The predicted molar refractivity (Wildman–Crippen MR) is 111 cm³/mol. The van der Waals surface area contributed by atoms with E-state index in [1.165, 1.54) is 11.3 Å². The molecular formula is C20H21N3O4S. The first-order valence-electron chi connectivity index (χ1n) is 8.38. The molecule has 0 amide bonds. The summed E-state index contributed by atoms with van der Waals surface area (Å²) in [7, 11) is 6.36. The van der Waals surface area contributed by atoms with Crippen LogP contribution in [0, 0.1) is 0 Å². The van der Waals surface area contributed by atoms with Gasteiger partial charge in [-0.05, 0) is 24.3 Å². The van der Waals surface area contributed by atoms with E-state index in [0.717, 1.165) is 22.6 Å². The minimum absolute atomic E-state index is 0.538. The van der Waals surface area contributed by atoms with Crippen molar-refractivity contribution in [1.82, 2.24) is 4.98 Å². The van der Waals surface area contributed by atoms with Gasteiger partial charge in [0.15, 0.2) is 11.5 Å². The molecule has 1 heterocycles. The largest absolute Gasteiger partial charge is 0.496 e. The molecule has 8 heteroatoms. The molecule has 0 saturated heterocycles. The number of thiazole rings is 1. The van der Waals surface area contributed by atoms with Gasteiger partial charge in [0.1, 0.15) is 5.75 Å². The summed E-state index contributed by atoms with van der Waals surface area (Å²) in [5, 5.41) is 6.88. The standard InChI is InChI=1S/C20H21N3O4S/c1-24-16-8-6-5-7-14(16)15-12-28-20(22-15)23-21-11-13-9-17(25-2)19(27-4)18(10-13)26-3/h5-12H,1-4H3,(H,22,23)/b21-11-. The number of methoxy groups -OCH3 is 4. The second-order valence-corrected chi connectivity index (χ2v) is 6.42. The Morgan fingerprint density at radius 3 is 2.25 bits per heavy atom. The molecule has 0 unspecified atom stereocenters. The first-order valence-corrected chi connectivity index (χ1v) is 9.26. The summed E-state index contributed by atoms with van der Waals surface area (Å²) in [6, 6.07) is 11.4. The lowest BCUT2D eigenvalue weighted by Gasteiger charge is -2.12. The van der Waals surface area contributed by atoms with E-state index in [9.17, 15) is 0 Å². The molecule has 0 spiro atoms. The summed E-state index contributed by atoms with van der Waals surface area (Å²) in [5.41, 5.74) is 5.50. The molecule has 0 aliphatic rings. The molecule has 0 fully saturated rings. The zero-order valence-electron chi connectivity index (χ0n) is 16.1. The lowest BCUT2D eigenvalue weighted by Crippen LogP contribution is -1.97. The minimum Gasteiger partial charge on any atom is -0.496 e. The van der Waals surface area contributed by atoms with Gasteiger partial charge >= 0.3 is 0 Å². The Balaban J connectivity index is 1.76. The molecule has 1 aromatic heterocycles. The van der Waals surface area contributed by atoms with Crippen molar-refractivity contribution in [3.05, 3.63) is 47.3 Å². The van der Waals surface area contributed by atoms with Gasteiger partial charge in [0, 0.05) is 16.5 Å². The highest BCUT2D eigenvalue weighted by molar-refractivity contribution is 7.14. The van der Waals surface area contributed by atoms with E-state index < -0.39 is 0 Å². The molecule has 0 radical (unpaired) electrons. The first kappa shape index (κ1) is 19.5. The maximum atomic E-state index is 5.39. The molecule has 1 N–H and O–H groups in total. The third-order valence-electron chi connectivity index (χ3n) is 3.95. The fraction of sp³-hybridized carbons (Fsp3) is 0.200. The number of hydrogen-bond acceptors (Lipinski definition) is 8. The monoisotopic (exact) mass is 399 g/mol. The zero-order chi connectivity index (χ0) is 19.9. The van der Waals surface area contributed by atoms with Crippen molar-refractivity contribution in [1.29, 1.82) is 0 Å². The molecule has 0 saturated carbocycles. The maximum Gasteiger partial charge on any atom is 0.203 e. The van der Waals surface area contributed by atoms with Crippen molar-refractivity contribution in [3.8, 4) is 34.3 Å². The van der Waals surface area contributed by atoms with E-state index in [-0.39, 0.29) is 0 Å². The minimum atomic E-state index is 0.538. The van der Waals surface area contributed by atoms with Gasteiger partial charge in [-0.2, -0.15) is 5.10 Å². The third kappa shape index (κ3) is 4.17. The highest BCUT2D eigenvalue weighted by atomic mass is 32.1. The topological polar surface area (TPSA) is 74.2 Å². The highest BCUT2D eigenvalue weighted by Gasteiger charge is 2.12. The van der Waals surface area contributed by atoms with Gasteiger partial charge in [-0.3, -0.25) is 5.43 Å². The van der Waals surface area contributed by atoms with Gasteiger partial charge in [0.05, 0.1) is 40.3 Å². The van der Waals surface area contributed by atoms with Crippen LogP contribution in [0.2, 0.25) is 0 Å². The first-order chi connectivity index (χ1) is 13.7. The number of para-hydroxylation sites is 1. The maximum absolute atomic E-state index is 5.39. The second-order valence-electron chi connectivity index (χ2n) is 5.57. The number of hydrogen-bond donors (Lipinski definition) is 1. The molecular weight excluding hydrogens is 378 g/mol. The van der Waals surface area contributed by atoms with E-state index in [1.54, 1.807) is 34.7 Å². The van der Waals surface area contributed by atoms with Crippen molar-refractivity contribution in [2.75, 3.05) is 33.9 Å². The molecule has 2 aromatic carbocycles. The second kappa shape index (κ2) is 9.09. The summed E-state index contributed by atoms with van der Waals surface area (Å²) in [6.45, 7) is 0. The lowest BCUT2D eigenvalue weighted by atomic mass is 10.1. The van der Waals surface area contributed by atoms with Crippen LogP contribution in [-0.2, 0) is 0 Å². The van der Waals surface area contributed by atoms with Gasteiger partial charge in [0.25, 0.3) is 0 Å². The molecule has 28 heavy (non-hydrogen) atoms. The number of nitrogens with zero attached hydrogens (tertiary/aromatic N) is 2. The fourth-order valence-corrected chi connectivity index (χ4v) is 3.30. The summed E-state index contributed by atoms with van der Waals surface area (Å²) < 4.78 is 21.4. The van der Waals surface area contributed by atoms with E-state index in [0.29, 0.717) is 22.4 Å². The molecule has 3 aromatic rings. The van der Waals surface area contributed by atoms with E-state index in [4.69, 9.17) is 18.9 Å². The Morgan fingerprint density at radius 2 is 1.61 bits per heavy atom. The Bertz CT molecular complexity index is 947.